The number of hydrogen-bond acceptors (Lipinski definition) is 5. The zero-order valence-electron chi connectivity index (χ0n) is 20.6. The van der Waals surface area contributed by atoms with Crippen LogP contribution in [-0.2, 0) is 15.7 Å². The monoisotopic (exact) mass is 472 g/mol. The number of alkyl halides is 3. The van der Waals surface area contributed by atoms with Crippen molar-refractivity contribution in [3.63, 3.8) is 0 Å². The van der Waals surface area contributed by atoms with E-state index in [-0.39, 0.29) is 24.7 Å². The lowest BCUT2D eigenvalue weighted by molar-refractivity contribution is -0.141. The van der Waals surface area contributed by atoms with Crippen LogP contribution in [0.25, 0.3) is 0 Å². The molecular weight excluding hydrogens is 433 g/mol. The quantitative estimate of drug-likeness (QED) is 0.481. The van der Waals surface area contributed by atoms with Crippen LogP contribution in [0.2, 0.25) is 0 Å². The number of carbonyl (C=O) groups excluding carboxylic acids is 1. The summed E-state index contributed by atoms with van der Waals surface area (Å²) in [5.41, 5.74) is -1.41. The summed E-state index contributed by atoms with van der Waals surface area (Å²) in [7, 11) is 1.64. The first-order valence-electron chi connectivity index (χ1n) is 11.9. The SMILES string of the molecule is CCC(=O)N(CC(CC)(CCOC)N1CCN(CC(C)C)CC1)c1cccc(C(F)(F)F)n1. The molecule has 9 heteroatoms. The Labute approximate surface area is 196 Å². The fourth-order valence-electron chi connectivity index (χ4n) is 4.58. The van der Waals surface area contributed by atoms with E-state index in [1.165, 1.54) is 17.0 Å². The summed E-state index contributed by atoms with van der Waals surface area (Å²) in [5.74, 6) is 0.395. The molecule has 188 valence electrons. The van der Waals surface area contributed by atoms with Gasteiger partial charge in [-0.1, -0.05) is 33.8 Å². The highest BCUT2D eigenvalue weighted by atomic mass is 19.4. The average Bonchev–Trinajstić information content (AvgIpc) is 2.79. The molecule has 1 unspecified atom stereocenters. The molecule has 0 aliphatic carbocycles. The van der Waals surface area contributed by atoms with E-state index in [9.17, 15) is 18.0 Å². The largest absolute Gasteiger partial charge is 0.433 e. The number of anilines is 1. The van der Waals surface area contributed by atoms with Crippen molar-refractivity contribution in [2.45, 2.75) is 58.7 Å². The number of pyridine rings is 1. The lowest BCUT2D eigenvalue weighted by Gasteiger charge is -2.49. The van der Waals surface area contributed by atoms with Crippen LogP contribution in [0.3, 0.4) is 0 Å². The second-order valence-electron chi connectivity index (χ2n) is 9.21. The van der Waals surface area contributed by atoms with Gasteiger partial charge in [-0.25, -0.2) is 4.98 Å². The van der Waals surface area contributed by atoms with Gasteiger partial charge in [-0.15, -0.1) is 0 Å². The molecule has 1 atom stereocenters. The van der Waals surface area contributed by atoms with Gasteiger partial charge in [0, 0.05) is 64.9 Å². The van der Waals surface area contributed by atoms with Crippen LogP contribution in [0.4, 0.5) is 19.0 Å². The lowest BCUT2D eigenvalue weighted by atomic mass is 9.88. The Morgan fingerprint density at radius 3 is 2.36 bits per heavy atom. The molecule has 1 amide bonds. The van der Waals surface area contributed by atoms with E-state index in [1.54, 1.807) is 14.0 Å². The van der Waals surface area contributed by atoms with E-state index < -0.39 is 17.4 Å². The third kappa shape index (κ3) is 7.39. The Kier molecular flexibility index (Phi) is 10.1. The van der Waals surface area contributed by atoms with Gasteiger partial charge in [0.05, 0.1) is 0 Å². The number of amides is 1. The van der Waals surface area contributed by atoms with Gasteiger partial charge in [0.1, 0.15) is 11.5 Å². The van der Waals surface area contributed by atoms with Crippen LogP contribution < -0.4 is 4.90 Å². The Bertz CT molecular complexity index is 751. The third-order valence-corrected chi connectivity index (χ3v) is 6.45. The summed E-state index contributed by atoms with van der Waals surface area (Å²) in [6.45, 7) is 13.6. The summed E-state index contributed by atoms with van der Waals surface area (Å²) in [4.78, 5) is 23.0. The minimum absolute atomic E-state index is 0.0466. The molecule has 0 aromatic carbocycles. The molecule has 1 aromatic rings. The normalized spacial score (nSPS) is 17.8. The minimum Gasteiger partial charge on any atom is -0.385 e. The van der Waals surface area contributed by atoms with Crippen molar-refractivity contribution in [1.82, 2.24) is 14.8 Å². The van der Waals surface area contributed by atoms with Crippen molar-refractivity contribution >= 4 is 11.7 Å². The summed E-state index contributed by atoms with van der Waals surface area (Å²) in [6, 6.07) is 3.73. The number of aromatic nitrogens is 1. The maximum atomic E-state index is 13.3. The van der Waals surface area contributed by atoms with Crippen LogP contribution >= 0.6 is 0 Å². The van der Waals surface area contributed by atoms with Gasteiger partial charge in [0.25, 0.3) is 0 Å². The number of methoxy groups -OCH3 is 1. The van der Waals surface area contributed by atoms with Crippen molar-refractivity contribution < 1.29 is 22.7 Å². The van der Waals surface area contributed by atoms with Crippen molar-refractivity contribution in [3.05, 3.63) is 23.9 Å². The number of nitrogens with zero attached hydrogens (tertiary/aromatic N) is 4. The van der Waals surface area contributed by atoms with Gasteiger partial charge in [-0.3, -0.25) is 14.6 Å². The molecule has 0 spiro atoms. The summed E-state index contributed by atoms with van der Waals surface area (Å²) in [5, 5.41) is 0. The predicted molar refractivity (Wildman–Crippen MR) is 124 cm³/mol. The number of carbonyl (C=O) groups is 1. The number of ether oxygens (including phenoxy) is 1. The van der Waals surface area contributed by atoms with Crippen LogP contribution in [0.5, 0.6) is 0 Å². The minimum atomic E-state index is -4.57. The number of hydrogen-bond donors (Lipinski definition) is 0. The maximum Gasteiger partial charge on any atom is 0.433 e. The highest BCUT2D eigenvalue weighted by Gasteiger charge is 2.40. The first-order chi connectivity index (χ1) is 15.6. The summed E-state index contributed by atoms with van der Waals surface area (Å²) in [6.07, 6.45) is -2.96. The smallest absolute Gasteiger partial charge is 0.385 e. The zero-order chi connectivity index (χ0) is 24.6. The van der Waals surface area contributed by atoms with Gasteiger partial charge in [0.2, 0.25) is 5.91 Å². The average molecular weight is 473 g/mol. The second-order valence-corrected chi connectivity index (χ2v) is 9.21. The Balaban J connectivity index is 2.36. The number of rotatable bonds is 11. The predicted octanol–water partition coefficient (Wildman–Crippen LogP) is 4.30. The van der Waals surface area contributed by atoms with Gasteiger partial charge < -0.3 is 9.64 Å². The highest BCUT2D eigenvalue weighted by molar-refractivity contribution is 5.92. The lowest BCUT2D eigenvalue weighted by Crippen LogP contribution is -2.62. The molecule has 0 bridgehead atoms. The van der Waals surface area contributed by atoms with E-state index >= 15 is 0 Å². The molecule has 33 heavy (non-hydrogen) atoms. The van der Waals surface area contributed by atoms with Crippen molar-refractivity contribution in [2.24, 2.45) is 5.92 Å². The van der Waals surface area contributed by atoms with E-state index in [0.29, 0.717) is 18.9 Å². The van der Waals surface area contributed by atoms with E-state index in [2.05, 4.69) is 35.6 Å². The maximum absolute atomic E-state index is 13.3. The topological polar surface area (TPSA) is 48.9 Å². The first-order valence-corrected chi connectivity index (χ1v) is 11.9. The molecule has 1 aliphatic heterocycles. The molecule has 1 saturated heterocycles. The van der Waals surface area contributed by atoms with Crippen molar-refractivity contribution in [2.75, 3.05) is 57.9 Å². The Hall–Kier alpha value is -1.71. The van der Waals surface area contributed by atoms with Gasteiger partial charge in [0.15, 0.2) is 0 Å². The molecule has 0 radical (unpaired) electrons. The molecule has 0 N–H and O–H groups in total. The molecule has 1 fully saturated rings. The molecule has 2 heterocycles. The molecule has 2 rings (SSSR count). The first kappa shape index (κ1) is 27.5. The van der Waals surface area contributed by atoms with Gasteiger partial charge >= 0.3 is 6.18 Å². The standard InChI is InChI=1S/C24H39F3N4O2/c1-6-22(32)31(21-10-8-9-20(28-21)24(25,26)27)18-23(7-2,11-16-33-5)30-14-12-29(13-15-30)17-19(3)4/h8-10,19H,6-7,11-18H2,1-5H3. The van der Waals surface area contributed by atoms with Crippen LogP contribution in [-0.4, -0.2) is 79.2 Å². The van der Waals surface area contributed by atoms with E-state index in [1.807, 2.05) is 0 Å². The van der Waals surface area contributed by atoms with E-state index in [4.69, 9.17) is 4.74 Å². The molecule has 6 nitrogen and oxygen atoms in total. The van der Waals surface area contributed by atoms with Crippen LogP contribution in [0, 0.1) is 5.92 Å². The molecular formula is C24H39F3N4O2. The molecule has 0 saturated carbocycles. The van der Waals surface area contributed by atoms with Crippen LogP contribution in [0.15, 0.2) is 18.2 Å². The molecule has 1 aliphatic rings. The highest BCUT2D eigenvalue weighted by Crippen LogP contribution is 2.32. The van der Waals surface area contributed by atoms with Crippen LogP contribution in [0.1, 0.15) is 52.7 Å². The fraction of sp³-hybridized carbons (Fsp3) is 0.750. The second kappa shape index (κ2) is 12.1. The number of piperazine rings is 1. The summed E-state index contributed by atoms with van der Waals surface area (Å²) < 4.78 is 45.3. The van der Waals surface area contributed by atoms with Gasteiger partial charge in [-0.05, 0) is 30.9 Å². The fourth-order valence-corrected chi connectivity index (χ4v) is 4.58. The molecule has 1 aromatic heterocycles. The summed E-state index contributed by atoms with van der Waals surface area (Å²) >= 11 is 0. The van der Waals surface area contributed by atoms with Crippen molar-refractivity contribution in [1.29, 1.82) is 0 Å². The van der Waals surface area contributed by atoms with Crippen molar-refractivity contribution in [3.8, 4) is 0 Å². The van der Waals surface area contributed by atoms with E-state index in [0.717, 1.165) is 45.2 Å². The van der Waals surface area contributed by atoms with Gasteiger partial charge in [-0.2, -0.15) is 13.2 Å². The Morgan fingerprint density at radius 2 is 1.85 bits per heavy atom. The zero-order valence-corrected chi connectivity index (χ0v) is 20.6. The number of halogens is 3. The Morgan fingerprint density at radius 1 is 1.18 bits per heavy atom. The third-order valence-electron chi connectivity index (χ3n) is 6.45.